The molecule has 0 aliphatic heterocycles. The lowest BCUT2D eigenvalue weighted by molar-refractivity contribution is 0.0996. The fourth-order valence-corrected chi connectivity index (χ4v) is 2.68. The molecule has 0 radical (unpaired) electrons. The van der Waals surface area contributed by atoms with Crippen molar-refractivity contribution >= 4 is 16.8 Å². The van der Waals surface area contributed by atoms with Gasteiger partial charge in [0.15, 0.2) is 0 Å². The summed E-state index contributed by atoms with van der Waals surface area (Å²) in [6.07, 6.45) is 0. The normalized spacial score (nSPS) is 11.1. The van der Waals surface area contributed by atoms with Crippen molar-refractivity contribution in [2.75, 3.05) is 0 Å². The quantitative estimate of drug-likeness (QED) is 0.742. The summed E-state index contributed by atoms with van der Waals surface area (Å²) in [6, 6.07) is 7.27. The Morgan fingerprint density at radius 2 is 1.86 bits per heavy atom. The van der Waals surface area contributed by atoms with Gasteiger partial charge in [0, 0.05) is 10.9 Å². The molecule has 0 saturated carbocycles. The van der Waals surface area contributed by atoms with Crippen LogP contribution in [-0.4, -0.2) is 10.9 Å². The Hall–Kier alpha value is -2.69. The minimum absolute atomic E-state index is 0.251. The number of rotatable bonds is 2. The molecule has 3 N–H and O–H groups in total. The number of H-pyrrole nitrogens is 1. The first-order chi connectivity index (χ1) is 10.4. The first-order valence-corrected chi connectivity index (χ1v) is 6.76. The van der Waals surface area contributed by atoms with Gasteiger partial charge in [-0.15, -0.1) is 0 Å². The molecule has 0 spiro atoms. The number of nitrogens with one attached hydrogen (secondary N) is 1. The van der Waals surface area contributed by atoms with E-state index in [0.717, 1.165) is 0 Å². The zero-order valence-corrected chi connectivity index (χ0v) is 12.1. The Balaban J connectivity index is 2.35. The van der Waals surface area contributed by atoms with Crippen molar-refractivity contribution in [3.05, 3.63) is 58.8 Å². The van der Waals surface area contributed by atoms with Gasteiger partial charge in [0.1, 0.15) is 17.3 Å². The first kappa shape index (κ1) is 14.3. The number of fused-ring (bicyclic) bond motifs is 1. The summed E-state index contributed by atoms with van der Waals surface area (Å²) >= 11 is 0. The molecular weight excluding hydrogens is 286 g/mol. The third kappa shape index (κ3) is 2.15. The number of primary amides is 1. The molecule has 5 heteroatoms. The molecular formula is C17H14F2N2O. The lowest BCUT2D eigenvalue weighted by atomic mass is 10.00. The van der Waals surface area contributed by atoms with Gasteiger partial charge >= 0.3 is 0 Å². The Bertz CT molecular complexity index is 913. The van der Waals surface area contributed by atoms with Crippen LogP contribution >= 0.6 is 0 Å². The molecule has 1 aromatic heterocycles. The van der Waals surface area contributed by atoms with E-state index in [9.17, 15) is 13.6 Å². The molecule has 1 amide bonds. The Labute approximate surface area is 125 Å². The summed E-state index contributed by atoms with van der Waals surface area (Å²) in [5.74, 6) is -1.35. The van der Waals surface area contributed by atoms with Gasteiger partial charge in [-0.05, 0) is 54.8 Å². The van der Waals surface area contributed by atoms with Crippen molar-refractivity contribution in [1.82, 2.24) is 4.98 Å². The fraction of sp³-hybridized carbons (Fsp3) is 0.118. The number of hydrogen-bond donors (Lipinski definition) is 2. The number of nitrogens with two attached hydrogens (primary N) is 1. The average molecular weight is 300 g/mol. The molecule has 0 aliphatic carbocycles. The number of amides is 1. The number of aromatic nitrogens is 1. The van der Waals surface area contributed by atoms with Crippen LogP contribution in [0, 0.1) is 25.5 Å². The lowest BCUT2D eigenvalue weighted by Gasteiger charge is -2.06. The Morgan fingerprint density at radius 1 is 1.14 bits per heavy atom. The maximum atomic E-state index is 13.9. The highest BCUT2D eigenvalue weighted by atomic mass is 19.1. The Kier molecular flexibility index (Phi) is 3.20. The minimum Gasteiger partial charge on any atom is -0.364 e. The van der Waals surface area contributed by atoms with Gasteiger partial charge in [-0.25, -0.2) is 8.78 Å². The zero-order valence-electron chi connectivity index (χ0n) is 12.1. The second kappa shape index (κ2) is 4.94. The van der Waals surface area contributed by atoms with E-state index in [1.165, 1.54) is 18.2 Å². The molecule has 3 nitrogen and oxygen atoms in total. The van der Waals surface area contributed by atoms with Crippen LogP contribution in [0.3, 0.4) is 0 Å². The van der Waals surface area contributed by atoms with E-state index in [0.29, 0.717) is 33.2 Å². The molecule has 0 bridgehead atoms. The number of aromatic amines is 1. The van der Waals surface area contributed by atoms with Crippen LogP contribution in [0.2, 0.25) is 0 Å². The largest absolute Gasteiger partial charge is 0.364 e. The van der Waals surface area contributed by atoms with Crippen molar-refractivity contribution in [2.45, 2.75) is 13.8 Å². The molecule has 3 rings (SSSR count). The van der Waals surface area contributed by atoms with Crippen LogP contribution in [-0.2, 0) is 0 Å². The molecule has 0 unspecified atom stereocenters. The van der Waals surface area contributed by atoms with Crippen molar-refractivity contribution in [3.63, 3.8) is 0 Å². The van der Waals surface area contributed by atoms with Crippen LogP contribution in [0.4, 0.5) is 8.78 Å². The molecule has 112 valence electrons. The maximum absolute atomic E-state index is 13.9. The number of halogens is 2. The standard InChI is InChI=1S/C17H14F2N2O/c1-8-5-10(3-4-14(8)19)13-7-11(18)6-12-9(2)15(17(20)22)21-16(12)13/h3-7,21H,1-2H3,(H2,20,22). The van der Waals surface area contributed by atoms with Crippen molar-refractivity contribution in [1.29, 1.82) is 0 Å². The van der Waals surface area contributed by atoms with Crippen LogP contribution in [0.15, 0.2) is 30.3 Å². The van der Waals surface area contributed by atoms with E-state index in [2.05, 4.69) is 4.98 Å². The fourth-order valence-electron chi connectivity index (χ4n) is 2.68. The van der Waals surface area contributed by atoms with Crippen molar-refractivity contribution < 1.29 is 13.6 Å². The van der Waals surface area contributed by atoms with E-state index in [1.807, 2.05) is 0 Å². The van der Waals surface area contributed by atoms with Gasteiger partial charge in [-0.3, -0.25) is 4.79 Å². The molecule has 22 heavy (non-hydrogen) atoms. The highest BCUT2D eigenvalue weighted by Crippen LogP contribution is 2.33. The summed E-state index contributed by atoms with van der Waals surface area (Å²) in [5.41, 5.74) is 8.49. The molecule has 0 fully saturated rings. The van der Waals surface area contributed by atoms with Gasteiger partial charge in [0.05, 0.1) is 5.52 Å². The molecule has 1 heterocycles. The SMILES string of the molecule is Cc1cc(-c2cc(F)cc3c(C)c(C(N)=O)[nH]c23)ccc1F. The Morgan fingerprint density at radius 3 is 2.50 bits per heavy atom. The summed E-state index contributed by atoms with van der Waals surface area (Å²) in [7, 11) is 0. The predicted octanol–water partition coefficient (Wildman–Crippen LogP) is 3.83. The first-order valence-electron chi connectivity index (χ1n) is 6.76. The molecule has 0 saturated heterocycles. The molecule has 3 aromatic rings. The number of carbonyl (C=O) groups excluding carboxylic acids is 1. The lowest BCUT2D eigenvalue weighted by Crippen LogP contribution is -2.12. The van der Waals surface area contributed by atoms with Crippen LogP contribution in [0.25, 0.3) is 22.0 Å². The summed E-state index contributed by atoms with van der Waals surface area (Å²) in [5, 5.41) is 0.589. The molecule has 0 atom stereocenters. The second-order valence-electron chi connectivity index (χ2n) is 5.33. The number of hydrogen-bond acceptors (Lipinski definition) is 1. The third-order valence-electron chi connectivity index (χ3n) is 3.85. The summed E-state index contributed by atoms with van der Waals surface area (Å²) < 4.78 is 27.4. The van der Waals surface area contributed by atoms with E-state index < -0.39 is 11.7 Å². The van der Waals surface area contributed by atoms with Gasteiger partial charge < -0.3 is 10.7 Å². The topological polar surface area (TPSA) is 58.9 Å². The average Bonchev–Trinajstić information content (AvgIpc) is 2.79. The van der Waals surface area contributed by atoms with Crippen molar-refractivity contribution in [3.8, 4) is 11.1 Å². The van der Waals surface area contributed by atoms with Gasteiger partial charge in [0.25, 0.3) is 5.91 Å². The summed E-state index contributed by atoms with van der Waals surface area (Å²) in [6.45, 7) is 3.35. The van der Waals surface area contributed by atoms with Crippen LogP contribution < -0.4 is 5.73 Å². The van der Waals surface area contributed by atoms with Gasteiger partial charge in [-0.1, -0.05) is 6.07 Å². The van der Waals surface area contributed by atoms with Gasteiger partial charge in [-0.2, -0.15) is 0 Å². The highest BCUT2D eigenvalue weighted by molar-refractivity contribution is 6.04. The number of benzene rings is 2. The third-order valence-corrected chi connectivity index (χ3v) is 3.85. The second-order valence-corrected chi connectivity index (χ2v) is 5.33. The monoisotopic (exact) mass is 300 g/mol. The van der Waals surface area contributed by atoms with Crippen molar-refractivity contribution in [2.24, 2.45) is 5.73 Å². The van der Waals surface area contributed by atoms with E-state index in [4.69, 9.17) is 5.73 Å². The van der Waals surface area contributed by atoms with Gasteiger partial charge in [0.2, 0.25) is 0 Å². The van der Waals surface area contributed by atoms with E-state index in [-0.39, 0.29) is 11.5 Å². The summed E-state index contributed by atoms with van der Waals surface area (Å²) in [4.78, 5) is 14.4. The van der Waals surface area contributed by atoms with E-state index in [1.54, 1.807) is 26.0 Å². The minimum atomic E-state index is -0.602. The molecule has 2 aromatic carbocycles. The number of aryl methyl sites for hydroxylation is 2. The maximum Gasteiger partial charge on any atom is 0.265 e. The zero-order chi connectivity index (χ0) is 16.0. The number of carbonyl (C=O) groups is 1. The highest BCUT2D eigenvalue weighted by Gasteiger charge is 2.17. The smallest absolute Gasteiger partial charge is 0.265 e. The predicted molar refractivity (Wildman–Crippen MR) is 81.6 cm³/mol. The van der Waals surface area contributed by atoms with Crippen LogP contribution in [0.5, 0.6) is 0 Å². The van der Waals surface area contributed by atoms with E-state index >= 15 is 0 Å². The molecule has 0 aliphatic rings. The van der Waals surface area contributed by atoms with Crippen LogP contribution in [0.1, 0.15) is 21.6 Å².